The molecule has 0 spiro atoms. The first-order chi connectivity index (χ1) is 11.8. The molecule has 132 valence electrons. The average Bonchev–Trinajstić information content (AvgIpc) is 3.31. The third-order valence-corrected chi connectivity index (χ3v) is 5.80. The summed E-state index contributed by atoms with van der Waals surface area (Å²) in [5.74, 6) is 0.256. The van der Waals surface area contributed by atoms with Gasteiger partial charge in [-0.05, 0) is 56.8 Å². The molecule has 1 atom stereocenters. The molecular formula is C20H31N3O. The quantitative estimate of drug-likeness (QED) is 0.827. The summed E-state index contributed by atoms with van der Waals surface area (Å²) in [7, 11) is 0. The number of amides is 1. The van der Waals surface area contributed by atoms with Crippen molar-refractivity contribution in [2.24, 2.45) is 0 Å². The van der Waals surface area contributed by atoms with Crippen LogP contribution in [-0.2, 0) is 4.79 Å². The molecule has 0 bridgehead atoms. The number of pyridine rings is 1. The zero-order chi connectivity index (χ0) is 16.8. The van der Waals surface area contributed by atoms with E-state index in [1.165, 1.54) is 25.7 Å². The molecule has 4 nitrogen and oxygen atoms in total. The number of nitrogens with zero attached hydrogens (tertiary/aromatic N) is 2. The van der Waals surface area contributed by atoms with Gasteiger partial charge in [0.15, 0.2) is 0 Å². The Morgan fingerprint density at radius 3 is 2.67 bits per heavy atom. The third-order valence-electron chi connectivity index (χ3n) is 5.80. The van der Waals surface area contributed by atoms with Crippen LogP contribution < -0.4 is 5.32 Å². The highest BCUT2D eigenvalue weighted by Crippen LogP contribution is 2.38. The van der Waals surface area contributed by atoms with Gasteiger partial charge >= 0.3 is 0 Å². The molecule has 1 unspecified atom stereocenters. The topological polar surface area (TPSA) is 45.2 Å². The van der Waals surface area contributed by atoms with E-state index in [0.717, 1.165) is 50.8 Å². The van der Waals surface area contributed by atoms with Gasteiger partial charge in [0, 0.05) is 12.4 Å². The maximum Gasteiger partial charge on any atom is 0.241 e. The number of hydrogen-bond acceptors (Lipinski definition) is 3. The van der Waals surface area contributed by atoms with Gasteiger partial charge in [-0.25, -0.2) is 0 Å². The Morgan fingerprint density at radius 2 is 2.04 bits per heavy atom. The Balaban J connectivity index is 1.76. The highest BCUT2D eigenvalue weighted by Gasteiger charge is 2.47. The smallest absolute Gasteiger partial charge is 0.241 e. The van der Waals surface area contributed by atoms with Crippen molar-refractivity contribution < 1.29 is 4.79 Å². The minimum Gasteiger partial charge on any atom is -0.348 e. The lowest BCUT2D eigenvalue weighted by Crippen LogP contribution is -2.56. The molecule has 1 N–H and O–H groups in total. The summed E-state index contributed by atoms with van der Waals surface area (Å²) >= 11 is 0. The van der Waals surface area contributed by atoms with Gasteiger partial charge in [0.05, 0.1) is 6.04 Å². The van der Waals surface area contributed by atoms with Crippen LogP contribution >= 0.6 is 0 Å². The summed E-state index contributed by atoms with van der Waals surface area (Å²) in [6.45, 7) is 4.37. The number of aromatic nitrogens is 1. The third kappa shape index (κ3) is 3.64. The van der Waals surface area contributed by atoms with Crippen molar-refractivity contribution >= 4 is 5.91 Å². The summed E-state index contributed by atoms with van der Waals surface area (Å²) in [5.41, 5.74) is 0.886. The van der Waals surface area contributed by atoms with Gasteiger partial charge in [-0.15, -0.1) is 0 Å². The molecule has 4 heteroatoms. The summed E-state index contributed by atoms with van der Waals surface area (Å²) in [6.07, 6.45) is 13.8. The SMILES string of the molecule is CCCCC(NC(=O)C1(N2CCCC2)CCCC1)c1cccnc1. The summed E-state index contributed by atoms with van der Waals surface area (Å²) in [6, 6.07) is 4.14. The molecule has 24 heavy (non-hydrogen) atoms. The average molecular weight is 329 g/mol. The number of likely N-dealkylation sites (tertiary alicyclic amines) is 1. The van der Waals surface area contributed by atoms with Crippen LogP contribution in [0, 0.1) is 0 Å². The Bertz CT molecular complexity index is 519. The number of nitrogens with one attached hydrogen (secondary N) is 1. The Hall–Kier alpha value is -1.42. The van der Waals surface area contributed by atoms with E-state index in [-0.39, 0.29) is 17.5 Å². The van der Waals surface area contributed by atoms with E-state index in [4.69, 9.17) is 0 Å². The lowest BCUT2D eigenvalue weighted by molar-refractivity contribution is -0.133. The van der Waals surface area contributed by atoms with Gasteiger partial charge in [-0.2, -0.15) is 0 Å². The van der Waals surface area contributed by atoms with Crippen molar-refractivity contribution in [3.05, 3.63) is 30.1 Å². The second-order valence-corrected chi connectivity index (χ2v) is 7.39. The fourth-order valence-electron chi connectivity index (χ4n) is 4.40. The molecule has 1 saturated carbocycles. The second kappa shape index (κ2) is 8.11. The second-order valence-electron chi connectivity index (χ2n) is 7.39. The zero-order valence-corrected chi connectivity index (χ0v) is 15.0. The van der Waals surface area contributed by atoms with Crippen molar-refractivity contribution in [2.45, 2.75) is 76.3 Å². The van der Waals surface area contributed by atoms with Crippen LogP contribution in [0.1, 0.15) is 76.3 Å². The number of carbonyl (C=O) groups is 1. The number of unbranched alkanes of at least 4 members (excludes halogenated alkanes) is 1. The van der Waals surface area contributed by atoms with E-state index in [2.05, 4.69) is 28.2 Å². The predicted molar refractivity (Wildman–Crippen MR) is 96.7 cm³/mol. The van der Waals surface area contributed by atoms with Crippen molar-refractivity contribution in [3.63, 3.8) is 0 Å². The van der Waals surface area contributed by atoms with Gasteiger partial charge in [-0.1, -0.05) is 38.7 Å². The Labute approximate surface area is 146 Å². The highest BCUT2D eigenvalue weighted by molar-refractivity contribution is 5.87. The predicted octanol–water partition coefficient (Wildman–Crippen LogP) is 3.84. The summed E-state index contributed by atoms with van der Waals surface area (Å²) in [4.78, 5) is 20.0. The van der Waals surface area contributed by atoms with E-state index in [1.807, 2.05) is 12.3 Å². The zero-order valence-electron chi connectivity index (χ0n) is 15.0. The van der Waals surface area contributed by atoms with E-state index >= 15 is 0 Å². The fraction of sp³-hybridized carbons (Fsp3) is 0.700. The molecule has 1 amide bonds. The van der Waals surface area contributed by atoms with Crippen molar-refractivity contribution in [1.82, 2.24) is 15.2 Å². The highest BCUT2D eigenvalue weighted by atomic mass is 16.2. The van der Waals surface area contributed by atoms with E-state index < -0.39 is 0 Å². The van der Waals surface area contributed by atoms with Crippen LogP contribution in [0.5, 0.6) is 0 Å². The summed E-state index contributed by atoms with van der Waals surface area (Å²) < 4.78 is 0. The van der Waals surface area contributed by atoms with Crippen molar-refractivity contribution in [3.8, 4) is 0 Å². The standard InChI is InChI=1S/C20H31N3O/c1-2-3-10-18(17-9-8-13-21-16-17)22-19(24)20(11-4-5-12-20)23-14-6-7-15-23/h8-9,13,16,18H,2-7,10-12,14-15H2,1H3,(H,22,24). The molecule has 1 aromatic heterocycles. The normalized spacial score (nSPS) is 21.7. The monoisotopic (exact) mass is 329 g/mol. The fourth-order valence-corrected chi connectivity index (χ4v) is 4.40. The van der Waals surface area contributed by atoms with Crippen LogP contribution in [0.25, 0.3) is 0 Å². The van der Waals surface area contributed by atoms with Crippen LogP contribution in [0.2, 0.25) is 0 Å². The molecule has 2 heterocycles. The van der Waals surface area contributed by atoms with E-state index in [1.54, 1.807) is 6.20 Å². The number of carbonyl (C=O) groups excluding carboxylic acids is 1. The first kappa shape index (κ1) is 17.4. The van der Waals surface area contributed by atoms with Gasteiger partial charge in [-0.3, -0.25) is 14.7 Å². The first-order valence-corrected chi connectivity index (χ1v) is 9.72. The van der Waals surface area contributed by atoms with E-state index in [0.29, 0.717) is 0 Å². The Morgan fingerprint density at radius 1 is 1.29 bits per heavy atom. The van der Waals surface area contributed by atoms with Gasteiger partial charge in [0.1, 0.15) is 5.54 Å². The lowest BCUT2D eigenvalue weighted by atomic mass is 9.92. The van der Waals surface area contributed by atoms with Gasteiger partial charge in [0.25, 0.3) is 0 Å². The number of rotatable bonds is 7. The molecular weight excluding hydrogens is 298 g/mol. The minimum absolute atomic E-state index is 0.0891. The lowest BCUT2D eigenvalue weighted by Gasteiger charge is -2.38. The van der Waals surface area contributed by atoms with Crippen LogP contribution in [-0.4, -0.2) is 34.4 Å². The molecule has 2 fully saturated rings. The van der Waals surface area contributed by atoms with Crippen LogP contribution in [0.15, 0.2) is 24.5 Å². The molecule has 0 aromatic carbocycles. The molecule has 1 aliphatic carbocycles. The summed E-state index contributed by atoms with van der Waals surface area (Å²) in [5, 5.41) is 3.41. The molecule has 1 saturated heterocycles. The molecule has 1 aromatic rings. The van der Waals surface area contributed by atoms with Crippen molar-refractivity contribution in [2.75, 3.05) is 13.1 Å². The van der Waals surface area contributed by atoms with Gasteiger partial charge < -0.3 is 5.32 Å². The van der Waals surface area contributed by atoms with E-state index in [9.17, 15) is 4.79 Å². The number of hydrogen-bond donors (Lipinski definition) is 1. The largest absolute Gasteiger partial charge is 0.348 e. The maximum atomic E-state index is 13.3. The molecule has 3 rings (SSSR count). The minimum atomic E-state index is -0.247. The maximum absolute atomic E-state index is 13.3. The molecule has 1 aliphatic heterocycles. The van der Waals surface area contributed by atoms with Gasteiger partial charge in [0.2, 0.25) is 5.91 Å². The van der Waals surface area contributed by atoms with Crippen LogP contribution in [0.3, 0.4) is 0 Å². The first-order valence-electron chi connectivity index (χ1n) is 9.72. The Kier molecular flexibility index (Phi) is 5.88. The molecule has 0 radical (unpaired) electrons. The van der Waals surface area contributed by atoms with Crippen LogP contribution in [0.4, 0.5) is 0 Å². The molecule has 2 aliphatic rings. The van der Waals surface area contributed by atoms with Crippen molar-refractivity contribution in [1.29, 1.82) is 0 Å².